The Morgan fingerprint density at radius 1 is 1.00 bits per heavy atom. The second-order valence-electron chi connectivity index (χ2n) is 9.75. The maximum absolute atomic E-state index is 5.82. The van der Waals surface area contributed by atoms with Gasteiger partial charge in [0.2, 0.25) is 0 Å². The van der Waals surface area contributed by atoms with Crippen LogP contribution in [0.25, 0.3) is 10.8 Å². The van der Waals surface area contributed by atoms with Crippen molar-refractivity contribution in [1.82, 2.24) is 5.32 Å². The lowest BCUT2D eigenvalue weighted by atomic mass is 9.47. The van der Waals surface area contributed by atoms with E-state index in [2.05, 4.69) is 60.0 Å². The summed E-state index contributed by atoms with van der Waals surface area (Å²) in [5.74, 6) is 2.94. The predicted molar refractivity (Wildman–Crippen MR) is 123 cm³/mol. The molecule has 4 bridgehead atoms. The summed E-state index contributed by atoms with van der Waals surface area (Å²) in [6.07, 6.45) is 11.2. The average molecular weight is 393 g/mol. The van der Waals surface area contributed by atoms with Crippen molar-refractivity contribution < 1.29 is 0 Å². The van der Waals surface area contributed by atoms with Crippen LogP contribution in [0, 0.1) is 23.2 Å². The van der Waals surface area contributed by atoms with Gasteiger partial charge in [0.1, 0.15) is 0 Å². The monoisotopic (exact) mass is 392 g/mol. The molecule has 0 spiro atoms. The zero-order valence-electron chi connectivity index (χ0n) is 16.9. The molecule has 1 atom stereocenters. The van der Waals surface area contributed by atoms with E-state index in [0.717, 1.165) is 28.6 Å². The topological polar surface area (TPSA) is 24.1 Å². The van der Waals surface area contributed by atoms with Gasteiger partial charge in [0.25, 0.3) is 0 Å². The molecule has 0 radical (unpaired) electrons. The van der Waals surface area contributed by atoms with E-state index in [1.807, 2.05) is 0 Å². The van der Waals surface area contributed by atoms with Crippen molar-refractivity contribution in [3.05, 3.63) is 42.5 Å². The van der Waals surface area contributed by atoms with E-state index in [9.17, 15) is 0 Å². The Balaban J connectivity index is 1.35. The fourth-order valence-electron chi connectivity index (χ4n) is 7.08. The molecule has 2 N–H and O–H groups in total. The van der Waals surface area contributed by atoms with E-state index in [-0.39, 0.29) is 0 Å². The zero-order chi connectivity index (χ0) is 19.1. The Morgan fingerprint density at radius 2 is 1.64 bits per heavy atom. The number of thiocarbonyl (C=S) groups is 1. The predicted octanol–water partition coefficient (Wildman–Crippen LogP) is 6.51. The fraction of sp³-hybridized carbons (Fsp3) is 0.560. The molecule has 148 valence electrons. The van der Waals surface area contributed by atoms with Crippen molar-refractivity contribution in [3.8, 4) is 0 Å². The van der Waals surface area contributed by atoms with Gasteiger partial charge in [-0.3, -0.25) is 0 Å². The molecule has 4 saturated carbocycles. The lowest BCUT2D eigenvalue weighted by molar-refractivity contribution is -0.0718. The van der Waals surface area contributed by atoms with Crippen LogP contribution >= 0.6 is 12.2 Å². The van der Waals surface area contributed by atoms with Crippen molar-refractivity contribution in [2.75, 3.05) is 5.32 Å². The van der Waals surface area contributed by atoms with Crippen LogP contribution in [0.5, 0.6) is 0 Å². The third-order valence-electron chi connectivity index (χ3n) is 7.75. The van der Waals surface area contributed by atoms with E-state index in [1.54, 1.807) is 0 Å². The van der Waals surface area contributed by atoms with Gasteiger partial charge in [0, 0.05) is 17.1 Å². The van der Waals surface area contributed by atoms with Crippen molar-refractivity contribution in [1.29, 1.82) is 0 Å². The summed E-state index contributed by atoms with van der Waals surface area (Å²) < 4.78 is 0. The van der Waals surface area contributed by atoms with Crippen LogP contribution in [-0.4, -0.2) is 11.2 Å². The largest absolute Gasteiger partial charge is 0.359 e. The van der Waals surface area contributed by atoms with Gasteiger partial charge >= 0.3 is 0 Å². The molecular weight excluding hydrogens is 360 g/mol. The smallest absolute Gasteiger partial charge is 0.171 e. The van der Waals surface area contributed by atoms with Gasteiger partial charge < -0.3 is 10.6 Å². The highest BCUT2D eigenvalue weighted by molar-refractivity contribution is 7.80. The maximum atomic E-state index is 5.82. The van der Waals surface area contributed by atoms with E-state index in [0.29, 0.717) is 11.5 Å². The Morgan fingerprint density at radius 3 is 2.32 bits per heavy atom. The molecule has 0 aromatic heterocycles. The summed E-state index contributed by atoms with van der Waals surface area (Å²) in [5, 5.41) is 10.6. The molecule has 6 rings (SSSR count). The van der Waals surface area contributed by atoms with Gasteiger partial charge in [-0.05, 0) is 91.8 Å². The summed E-state index contributed by atoms with van der Waals surface area (Å²) >= 11 is 5.82. The Hall–Kier alpha value is -1.61. The van der Waals surface area contributed by atoms with Gasteiger partial charge in [-0.2, -0.15) is 0 Å². The summed E-state index contributed by atoms with van der Waals surface area (Å²) in [6.45, 7) is 2.32. The highest BCUT2D eigenvalue weighted by Gasteiger charge is 2.54. The molecule has 2 aromatic carbocycles. The van der Waals surface area contributed by atoms with E-state index in [1.165, 1.54) is 62.1 Å². The molecular formula is C25H32N2S. The van der Waals surface area contributed by atoms with E-state index in [4.69, 9.17) is 12.2 Å². The second-order valence-corrected chi connectivity index (χ2v) is 10.2. The number of nitrogens with one attached hydrogen (secondary N) is 2. The highest BCUT2D eigenvalue weighted by atomic mass is 32.1. The van der Waals surface area contributed by atoms with Crippen LogP contribution in [0.2, 0.25) is 0 Å². The van der Waals surface area contributed by atoms with E-state index >= 15 is 0 Å². The lowest BCUT2D eigenvalue weighted by Crippen LogP contribution is -2.57. The molecule has 2 nitrogen and oxygen atoms in total. The lowest BCUT2D eigenvalue weighted by Gasteiger charge is -2.59. The van der Waals surface area contributed by atoms with Gasteiger partial charge in [-0.25, -0.2) is 0 Å². The molecule has 2 aromatic rings. The molecule has 1 unspecified atom stereocenters. The van der Waals surface area contributed by atoms with Crippen LogP contribution in [0.15, 0.2) is 42.5 Å². The van der Waals surface area contributed by atoms with Crippen LogP contribution in [0.3, 0.4) is 0 Å². The molecule has 0 aliphatic heterocycles. The van der Waals surface area contributed by atoms with Crippen molar-refractivity contribution in [3.63, 3.8) is 0 Å². The molecule has 4 aliphatic carbocycles. The number of rotatable bonds is 5. The first-order chi connectivity index (χ1) is 13.6. The fourth-order valence-corrected chi connectivity index (χ4v) is 7.33. The summed E-state index contributed by atoms with van der Waals surface area (Å²) in [6, 6.07) is 15.4. The third-order valence-corrected chi connectivity index (χ3v) is 7.97. The minimum absolute atomic E-state index is 0.481. The summed E-state index contributed by atoms with van der Waals surface area (Å²) in [4.78, 5) is 0. The van der Waals surface area contributed by atoms with Gasteiger partial charge in [-0.1, -0.05) is 49.7 Å². The summed E-state index contributed by atoms with van der Waals surface area (Å²) in [5.41, 5.74) is 1.59. The van der Waals surface area contributed by atoms with Crippen molar-refractivity contribution >= 4 is 33.8 Å². The summed E-state index contributed by atoms with van der Waals surface area (Å²) in [7, 11) is 0. The van der Waals surface area contributed by atoms with Crippen LogP contribution in [-0.2, 0) is 0 Å². The van der Waals surface area contributed by atoms with Gasteiger partial charge in [0.05, 0.1) is 0 Å². The average Bonchev–Trinajstić information content (AvgIpc) is 2.67. The molecule has 3 heteroatoms. The number of anilines is 1. The molecule has 0 amide bonds. The minimum atomic E-state index is 0.481. The maximum Gasteiger partial charge on any atom is 0.171 e. The first-order valence-corrected chi connectivity index (χ1v) is 11.6. The zero-order valence-corrected chi connectivity index (χ0v) is 17.7. The van der Waals surface area contributed by atoms with Crippen LogP contribution < -0.4 is 10.6 Å². The van der Waals surface area contributed by atoms with Gasteiger partial charge in [-0.15, -0.1) is 0 Å². The number of benzene rings is 2. The van der Waals surface area contributed by atoms with Crippen molar-refractivity contribution in [2.45, 2.75) is 64.3 Å². The number of hydrogen-bond donors (Lipinski definition) is 2. The molecule has 0 heterocycles. The van der Waals surface area contributed by atoms with Crippen LogP contribution in [0.4, 0.5) is 5.69 Å². The first kappa shape index (κ1) is 18.4. The molecule has 28 heavy (non-hydrogen) atoms. The molecule has 0 saturated heterocycles. The second kappa shape index (κ2) is 7.33. The minimum Gasteiger partial charge on any atom is -0.359 e. The standard InChI is InChI=1S/C25H32N2S/c1-2-6-23(25-14-17-11-18(15-25)13-19(12-17)16-25)27-24(28)26-22-10-5-8-20-7-3-4-9-21(20)22/h3-5,7-10,17-19,23H,2,6,11-16H2,1H3,(H2,26,27,28). The van der Waals surface area contributed by atoms with Crippen molar-refractivity contribution in [2.24, 2.45) is 23.2 Å². The Labute approximate surface area is 174 Å². The van der Waals surface area contributed by atoms with Crippen LogP contribution in [0.1, 0.15) is 58.3 Å². The molecule has 4 aliphatic rings. The quantitative estimate of drug-likeness (QED) is 0.567. The third kappa shape index (κ3) is 3.32. The highest BCUT2D eigenvalue weighted by Crippen LogP contribution is 2.61. The Bertz CT molecular complexity index is 833. The first-order valence-electron chi connectivity index (χ1n) is 11.2. The number of hydrogen-bond acceptors (Lipinski definition) is 1. The number of fused-ring (bicyclic) bond motifs is 1. The Kier molecular flexibility index (Phi) is 4.82. The SMILES string of the molecule is CCCC(NC(=S)Nc1cccc2ccccc12)C12CC3CC(CC(C3)C1)C2. The molecule has 4 fully saturated rings. The van der Waals surface area contributed by atoms with E-state index < -0.39 is 0 Å². The van der Waals surface area contributed by atoms with Gasteiger partial charge in [0.15, 0.2) is 5.11 Å². The normalized spacial score (nSPS) is 31.7.